The first-order chi connectivity index (χ1) is 13.9. The molecule has 0 aromatic heterocycles. The number of hydrogen-bond donors (Lipinski definition) is 1. The van der Waals surface area contributed by atoms with Crippen LogP contribution in [0.25, 0.3) is 0 Å². The lowest BCUT2D eigenvalue weighted by atomic mass is 10.1. The average molecular weight is 481 g/mol. The van der Waals surface area contributed by atoms with E-state index >= 15 is 0 Å². The Morgan fingerprint density at radius 1 is 1.17 bits per heavy atom. The van der Waals surface area contributed by atoms with Crippen LogP contribution in [0.1, 0.15) is 31.4 Å². The first-order valence-electron chi connectivity index (χ1n) is 9.54. The molecule has 1 atom stereocenters. The van der Waals surface area contributed by atoms with E-state index in [-0.39, 0.29) is 23.4 Å². The molecule has 0 fully saturated rings. The van der Waals surface area contributed by atoms with E-state index in [0.717, 1.165) is 22.0 Å². The Bertz CT molecular complexity index is 817. The van der Waals surface area contributed by atoms with Gasteiger partial charge in [-0.15, -0.1) is 11.8 Å². The Kier molecular flexibility index (Phi) is 9.67. The minimum atomic E-state index is -0.570. The van der Waals surface area contributed by atoms with E-state index < -0.39 is 6.04 Å². The number of amides is 2. The zero-order valence-electron chi connectivity index (χ0n) is 16.7. The number of rotatable bonds is 10. The molecule has 1 N–H and O–H groups in total. The van der Waals surface area contributed by atoms with Gasteiger partial charge in [-0.25, -0.2) is 4.39 Å². The molecule has 4 nitrogen and oxygen atoms in total. The summed E-state index contributed by atoms with van der Waals surface area (Å²) >= 11 is 4.90. The fraction of sp³-hybridized carbons (Fsp3) is 0.364. The van der Waals surface area contributed by atoms with Crippen LogP contribution in [0.2, 0.25) is 0 Å². The van der Waals surface area contributed by atoms with Gasteiger partial charge < -0.3 is 10.2 Å². The van der Waals surface area contributed by atoms with Crippen molar-refractivity contribution in [3.8, 4) is 0 Å². The van der Waals surface area contributed by atoms with E-state index in [2.05, 4.69) is 21.2 Å². The van der Waals surface area contributed by atoms with Crippen molar-refractivity contribution in [1.82, 2.24) is 10.2 Å². The van der Waals surface area contributed by atoms with Crippen LogP contribution in [-0.4, -0.2) is 35.1 Å². The highest BCUT2D eigenvalue weighted by atomic mass is 79.9. The van der Waals surface area contributed by atoms with Gasteiger partial charge in [0.05, 0.1) is 5.75 Å². The lowest BCUT2D eigenvalue weighted by Crippen LogP contribution is -2.48. The van der Waals surface area contributed by atoms with Crippen LogP contribution in [0.3, 0.4) is 0 Å². The van der Waals surface area contributed by atoms with E-state index in [1.54, 1.807) is 24.0 Å². The van der Waals surface area contributed by atoms with Gasteiger partial charge in [0, 0.05) is 23.3 Å². The molecule has 2 aromatic rings. The average Bonchev–Trinajstić information content (AvgIpc) is 2.71. The quantitative estimate of drug-likeness (QED) is 0.532. The first-order valence-corrected chi connectivity index (χ1v) is 11.5. The van der Waals surface area contributed by atoms with E-state index in [1.165, 1.54) is 23.9 Å². The van der Waals surface area contributed by atoms with E-state index in [4.69, 9.17) is 0 Å². The zero-order chi connectivity index (χ0) is 21.2. The van der Waals surface area contributed by atoms with Crippen LogP contribution in [0.5, 0.6) is 0 Å². The third-order valence-corrected chi connectivity index (χ3v) is 5.85. The first kappa shape index (κ1) is 23.4. The molecule has 0 spiro atoms. The summed E-state index contributed by atoms with van der Waals surface area (Å²) in [7, 11) is 0. The molecule has 2 rings (SSSR count). The van der Waals surface area contributed by atoms with Crippen molar-refractivity contribution in [2.24, 2.45) is 0 Å². The van der Waals surface area contributed by atoms with Gasteiger partial charge in [0.15, 0.2) is 0 Å². The van der Waals surface area contributed by atoms with Crippen LogP contribution >= 0.6 is 27.7 Å². The van der Waals surface area contributed by atoms with Gasteiger partial charge >= 0.3 is 0 Å². The molecular weight excluding hydrogens is 455 g/mol. The maximum atomic E-state index is 13.0. The topological polar surface area (TPSA) is 49.4 Å². The molecule has 0 aliphatic rings. The lowest BCUT2D eigenvalue weighted by molar-refractivity contribution is -0.138. The lowest BCUT2D eigenvalue weighted by Gasteiger charge is -2.29. The van der Waals surface area contributed by atoms with Gasteiger partial charge in [-0.1, -0.05) is 47.1 Å². The van der Waals surface area contributed by atoms with Crippen LogP contribution in [0.4, 0.5) is 4.39 Å². The Hall–Kier alpha value is -1.86. The molecule has 7 heteroatoms. The van der Waals surface area contributed by atoms with Gasteiger partial charge in [0.25, 0.3) is 0 Å². The van der Waals surface area contributed by atoms with Crippen molar-refractivity contribution >= 4 is 39.5 Å². The maximum Gasteiger partial charge on any atom is 0.242 e. The predicted molar refractivity (Wildman–Crippen MR) is 120 cm³/mol. The molecule has 0 aliphatic heterocycles. The van der Waals surface area contributed by atoms with Crippen LogP contribution in [0, 0.1) is 5.82 Å². The molecule has 0 heterocycles. The van der Waals surface area contributed by atoms with Gasteiger partial charge in [-0.2, -0.15) is 0 Å². The highest BCUT2D eigenvalue weighted by molar-refractivity contribution is 9.10. The third-order valence-electron chi connectivity index (χ3n) is 4.37. The summed E-state index contributed by atoms with van der Waals surface area (Å²) in [4.78, 5) is 27.0. The molecule has 0 saturated carbocycles. The normalized spacial score (nSPS) is 11.7. The Balaban J connectivity index is 2.04. The minimum absolute atomic E-state index is 0.101. The van der Waals surface area contributed by atoms with Gasteiger partial charge in [0.1, 0.15) is 11.9 Å². The van der Waals surface area contributed by atoms with Gasteiger partial charge in [-0.3, -0.25) is 9.59 Å². The highest BCUT2D eigenvalue weighted by Gasteiger charge is 2.25. The fourth-order valence-corrected chi connectivity index (χ4v) is 4.05. The summed E-state index contributed by atoms with van der Waals surface area (Å²) in [5.41, 5.74) is 1.91. The summed E-state index contributed by atoms with van der Waals surface area (Å²) in [5, 5.41) is 2.87. The number of halogens is 2. The number of carbonyl (C=O) groups is 2. The largest absolute Gasteiger partial charge is 0.354 e. The summed E-state index contributed by atoms with van der Waals surface area (Å²) < 4.78 is 13.9. The molecule has 0 radical (unpaired) electrons. The van der Waals surface area contributed by atoms with Crippen molar-refractivity contribution < 1.29 is 14.0 Å². The number of nitrogens with one attached hydrogen (secondary N) is 1. The summed E-state index contributed by atoms with van der Waals surface area (Å²) in [6.45, 7) is 4.68. The molecule has 0 aliphatic carbocycles. The van der Waals surface area contributed by atoms with E-state index in [9.17, 15) is 14.0 Å². The minimum Gasteiger partial charge on any atom is -0.354 e. The molecular formula is C22H26BrFN2O2S. The fourth-order valence-electron chi connectivity index (χ4n) is 2.73. The number of nitrogens with zero attached hydrogens (tertiary/aromatic N) is 1. The standard InChI is InChI=1S/C22H26BrFN2O2S/c1-3-11-25-22(28)16(2)26(13-18-5-4-6-19(23)12-18)21(27)15-29-14-17-7-9-20(24)10-8-17/h4-10,12,16H,3,11,13-15H2,1-2H3,(H,25,28)/t16-/m0/s1. The zero-order valence-corrected chi connectivity index (χ0v) is 19.1. The SMILES string of the molecule is CCCNC(=O)[C@H](C)N(Cc1cccc(Br)c1)C(=O)CSCc1ccc(F)cc1. The number of carbonyl (C=O) groups excluding carboxylic acids is 2. The summed E-state index contributed by atoms with van der Waals surface area (Å²) in [5.74, 6) is 0.320. The van der Waals surface area contributed by atoms with Crippen LogP contribution < -0.4 is 5.32 Å². The second-order valence-electron chi connectivity index (χ2n) is 6.74. The maximum absolute atomic E-state index is 13.0. The molecule has 29 heavy (non-hydrogen) atoms. The molecule has 0 unspecified atom stereocenters. The third kappa shape index (κ3) is 7.82. The second-order valence-corrected chi connectivity index (χ2v) is 8.64. The number of thioether (sulfide) groups is 1. The van der Waals surface area contributed by atoms with Crippen molar-refractivity contribution in [1.29, 1.82) is 0 Å². The number of hydrogen-bond acceptors (Lipinski definition) is 3. The smallest absolute Gasteiger partial charge is 0.242 e. The Morgan fingerprint density at radius 2 is 1.90 bits per heavy atom. The van der Waals surface area contributed by atoms with Crippen molar-refractivity contribution in [3.63, 3.8) is 0 Å². The molecule has 2 amide bonds. The van der Waals surface area contributed by atoms with E-state index in [1.807, 2.05) is 31.2 Å². The van der Waals surface area contributed by atoms with Gasteiger partial charge in [0.2, 0.25) is 11.8 Å². The van der Waals surface area contributed by atoms with Gasteiger partial charge in [-0.05, 0) is 48.7 Å². The predicted octanol–water partition coefficient (Wildman–Crippen LogP) is 4.76. The molecule has 156 valence electrons. The monoisotopic (exact) mass is 480 g/mol. The Morgan fingerprint density at radius 3 is 2.55 bits per heavy atom. The Labute approximate surface area is 184 Å². The molecule has 2 aromatic carbocycles. The summed E-state index contributed by atoms with van der Waals surface area (Å²) in [6.07, 6.45) is 0.839. The van der Waals surface area contributed by atoms with E-state index in [0.29, 0.717) is 18.8 Å². The van der Waals surface area contributed by atoms with Crippen molar-refractivity contribution in [2.75, 3.05) is 12.3 Å². The van der Waals surface area contributed by atoms with Crippen LogP contribution in [-0.2, 0) is 21.9 Å². The second kappa shape index (κ2) is 12.0. The van der Waals surface area contributed by atoms with Crippen molar-refractivity contribution in [2.45, 2.75) is 38.6 Å². The number of benzene rings is 2. The molecule has 0 bridgehead atoms. The van der Waals surface area contributed by atoms with Crippen molar-refractivity contribution in [3.05, 3.63) is 69.9 Å². The molecule has 0 saturated heterocycles. The highest BCUT2D eigenvalue weighted by Crippen LogP contribution is 2.18. The van der Waals surface area contributed by atoms with Crippen LogP contribution in [0.15, 0.2) is 53.0 Å². The summed E-state index contributed by atoms with van der Waals surface area (Å²) in [6, 6.07) is 13.4.